The molecule has 0 unspecified atom stereocenters. The molecule has 0 aromatic heterocycles. The maximum absolute atomic E-state index is 13.8. The van der Waals surface area contributed by atoms with Gasteiger partial charge in [-0.25, -0.2) is 13.2 Å². The Hall–Kier alpha value is -1.95. The molecule has 106 valence electrons. The normalized spacial score (nSPS) is 11.8. The SMILES string of the molecule is C[N+](C)(c1ccccc1)c1c(F)c(F)c(F)c(F)c1F. The molecule has 0 saturated heterocycles. The molecule has 6 heteroatoms. The topological polar surface area (TPSA) is 0 Å². The van der Waals surface area contributed by atoms with Crippen molar-refractivity contribution >= 4 is 11.4 Å². The first-order chi connectivity index (χ1) is 9.28. The zero-order chi connectivity index (χ0) is 15.1. The van der Waals surface area contributed by atoms with E-state index >= 15 is 0 Å². The number of hydrogen-bond acceptors (Lipinski definition) is 0. The highest BCUT2D eigenvalue weighted by Gasteiger charge is 2.37. The summed E-state index contributed by atoms with van der Waals surface area (Å²) >= 11 is 0. The third-order valence-electron chi connectivity index (χ3n) is 3.15. The Morgan fingerprint density at radius 3 is 1.50 bits per heavy atom. The number of quaternary nitrogens is 1. The van der Waals surface area contributed by atoms with Gasteiger partial charge in [-0.2, -0.15) is 8.78 Å². The van der Waals surface area contributed by atoms with E-state index in [4.69, 9.17) is 0 Å². The van der Waals surface area contributed by atoms with Crippen molar-refractivity contribution in [2.75, 3.05) is 14.1 Å². The molecular weight excluding hydrogens is 277 g/mol. The molecule has 2 rings (SSSR count). The van der Waals surface area contributed by atoms with Crippen molar-refractivity contribution in [1.29, 1.82) is 0 Å². The summed E-state index contributed by atoms with van der Waals surface area (Å²) in [6.07, 6.45) is 0. The maximum Gasteiger partial charge on any atom is 0.226 e. The lowest BCUT2D eigenvalue weighted by Gasteiger charge is -2.29. The summed E-state index contributed by atoms with van der Waals surface area (Å²) in [6.45, 7) is 0. The molecular formula is C14H11F5N+. The van der Waals surface area contributed by atoms with Gasteiger partial charge in [0.25, 0.3) is 0 Å². The minimum Gasteiger partial charge on any atom is -0.258 e. The Labute approximate surface area is 112 Å². The monoisotopic (exact) mass is 288 g/mol. The molecule has 0 bridgehead atoms. The van der Waals surface area contributed by atoms with Crippen LogP contribution in [0.4, 0.5) is 33.3 Å². The molecule has 0 aliphatic rings. The van der Waals surface area contributed by atoms with E-state index in [0.29, 0.717) is 5.69 Å². The number of halogens is 5. The zero-order valence-corrected chi connectivity index (χ0v) is 10.7. The van der Waals surface area contributed by atoms with Crippen molar-refractivity contribution in [3.63, 3.8) is 0 Å². The van der Waals surface area contributed by atoms with E-state index in [0.717, 1.165) is 0 Å². The third kappa shape index (κ3) is 2.06. The Balaban J connectivity index is 2.76. The maximum atomic E-state index is 13.8. The molecule has 0 spiro atoms. The first-order valence-corrected chi connectivity index (χ1v) is 5.70. The smallest absolute Gasteiger partial charge is 0.226 e. The summed E-state index contributed by atoms with van der Waals surface area (Å²) < 4.78 is 66.7. The van der Waals surface area contributed by atoms with Crippen molar-refractivity contribution in [2.24, 2.45) is 0 Å². The Morgan fingerprint density at radius 1 is 0.650 bits per heavy atom. The number of nitrogens with zero attached hydrogens (tertiary/aromatic N) is 1. The van der Waals surface area contributed by atoms with Gasteiger partial charge >= 0.3 is 0 Å². The van der Waals surface area contributed by atoms with Crippen molar-refractivity contribution in [1.82, 2.24) is 4.48 Å². The van der Waals surface area contributed by atoms with Gasteiger partial charge in [-0.1, -0.05) is 18.2 Å². The summed E-state index contributed by atoms with van der Waals surface area (Å²) in [5.41, 5.74) is -0.511. The summed E-state index contributed by atoms with van der Waals surface area (Å²) in [5, 5.41) is 0. The minimum atomic E-state index is -2.16. The van der Waals surface area contributed by atoms with Gasteiger partial charge in [0, 0.05) is 0 Å². The predicted molar refractivity (Wildman–Crippen MR) is 66.0 cm³/mol. The molecule has 0 N–H and O–H groups in total. The number of rotatable bonds is 2. The molecule has 0 heterocycles. The molecule has 0 amide bonds. The molecule has 0 aliphatic heterocycles. The van der Waals surface area contributed by atoms with E-state index < -0.39 is 39.3 Å². The molecule has 0 aliphatic carbocycles. The second-order valence-corrected chi connectivity index (χ2v) is 4.71. The molecule has 0 atom stereocenters. The second-order valence-electron chi connectivity index (χ2n) is 4.71. The van der Waals surface area contributed by atoms with Crippen LogP contribution in [0.3, 0.4) is 0 Å². The first kappa shape index (κ1) is 14.5. The van der Waals surface area contributed by atoms with Crippen LogP contribution in [-0.2, 0) is 0 Å². The lowest BCUT2D eigenvalue weighted by atomic mass is 10.1. The van der Waals surface area contributed by atoms with Gasteiger partial charge in [0.2, 0.25) is 34.8 Å². The fraction of sp³-hybridized carbons (Fsp3) is 0.143. The van der Waals surface area contributed by atoms with Crippen LogP contribution in [-0.4, -0.2) is 14.1 Å². The van der Waals surface area contributed by atoms with Crippen molar-refractivity contribution < 1.29 is 22.0 Å². The van der Waals surface area contributed by atoms with Crippen LogP contribution >= 0.6 is 0 Å². The van der Waals surface area contributed by atoms with E-state index in [2.05, 4.69) is 0 Å². The average molecular weight is 288 g/mol. The van der Waals surface area contributed by atoms with Crippen LogP contribution in [0.15, 0.2) is 30.3 Å². The first-order valence-electron chi connectivity index (χ1n) is 5.70. The quantitative estimate of drug-likeness (QED) is 0.335. The Kier molecular flexibility index (Phi) is 3.52. The van der Waals surface area contributed by atoms with Crippen LogP contribution in [0.5, 0.6) is 0 Å². The van der Waals surface area contributed by atoms with Crippen LogP contribution < -0.4 is 4.48 Å². The zero-order valence-electron chi connectivity index (χ0n) is 10.7. The lowest BCUT2D eigenvalue weighted by molar-refractivity contribution is 0.359. The van der Waals surface area contributed by atoms with E-state index in [-0.39, 0.29) is 0 Å². The highest BCUT2D eigenvalue weighted by molar-refractivity contribution is 5.58. The summed E-state index contributed by atoms with van der Waals surface area (Å²) in [4.78, 5) is 0. The van der Waals surface area contributed by atoms with Crippen molar-refractivity contribution in [2.45, 2.75) is 0 Å². The van der Waals surface area contributed by atoms with E-state index in [1.54, 1.807) is 18.2 Å². The molecule has 0 fully saturated rings. The molecule has 20 heavy (non-hydrogen) atoms. The number of hydrogen-bond donors (Lipinski definition) is 0. The molecule has 0 saturated carbocycles. The van der Waals surface area contributed by atoms with Crippen LogP contribution in [0.2, 0.25) is 0 Å². The largest absolute Gasteiger partial charge is 0.258 e. The van der Waals surface area contributed by atoms with E-state index in [9.17, 15) is 22.0 Å². The number of para-hydroxylation sites is 1. The summed E-state index contributed by atoms with van der Waals surface area (Å²) in [5.74, 6) is -9.69. The van der Waals surface area contributed by atoms with Crippen LogP contribution in [0.25, 0.3) is 0 Å². The Morgan fingerprint density at radius 2 is 1.05 bits per heavy atom. The second kappa shape index (κ2) is 4.86. The summed E-state index contributed by atoms with van der Waals surface area (Å²) in [6, 6.07) is 7.99. The minimum absolute atomic E-state index is 0.385. The van der Waals surface area contributed by atoms with Gasteiger partial charge in [-0.05, 0) is 12.1 Å². The van der Waals surface area contributed by atoms with Gasteiger partial charge < -0.3 is 0 Å². The van der Waals surface area contributed by atoms with Crippen LogP contribution in [0, 0.1) is 29.1 Å². The van der Waals surface area contributed by atoms with E-state index in [1.807, 2.05) is 0 Å². The van der Waals surface area contributed by atoms with Crippen LogP contribution in [0.1, 0.15) is 0 Å². The number of benzene rings is 2. The van der Waals surface area contributed by atoms with Crippen molar-refractivity contribution in [3.8, 4) is 0 Å². The third-order valence-corrected chi connectivity index (χ3v) is 3.15. The molecule has 2 aromatic rings. The van der Waals surface area contributed by atoms with Gasteiger partial charge in [-0.15, -0.1) is 0 Å². The summed E-state index contributed by atoms with van der Waals surface area (Å²) in [7, 11) is 2.68. The van der Waals surface area contributed by atoms with Gasteiger partial charge in [0.15, 0.2) is 0 Å². The highest BCUT2D eigenvalue weighted by Crippen LogP contribution is 2.37. The van der Waals surface area contributed by atoms with Gasteiger partial charge in [0.1, 0.15) is 5.69 Å². The Bertz CT molecular complexity index is 623. The van der Waals surface area contributed by atoms with Gasteiger partial charge in [-0.3, -0.25) is 4.48 Å². The molecule has 2 aromatic carbocycles. The fourth-order valence-electron chi connectivity index (χ4n) is 2.01. The highest BCUT2D eigenvalue weighted by atomic mass is 19.2. The van der Waals surface area contributed by atoms with Gasteiger partial charge in [0.05, 0.1) is 14.1 Å². The lowest BCUT2D eigenvalue weighted by Crippen LogP contribution is -2.37. The fourth-order valence-corrected chi connectivity index (χ4v) is 2.01. The standard InChI is InChI=1S/C14H11F5N/c1-20(2,8-6-4-3-5-7-8)14-12(18)10(16)9(15)11(17)13(14)19/h3-7H,1-2H3/q+1. The predicted octanol–water partition coefficient (Wildman–Crippen LogP) is 4.28. The molecule has 0 radical (unpaired) electrons. The average Bonchev–Trinajstić information content (AvgIpc) is 2.44. The van der Waals surface area contributed by atoms with E-state index in [1.165, 1.54) is 26.2 Å². The molecule has 1 nitrogen and oxygen atoms in total. The van der Waals surface area contributed by atoms with Crippen molar-refractivity contribution in [3.05, 3.63) is 59.4 Å².